The Morgan fingerprint density at radius 3 is 2.54 bits per heavy atom. The first kappa shape index (κ1) is 21.8. The maximum atomic E-state index is 12.3. The number of benzene rings is 1. The molecule has 0 bridgehead atoms. The van der Waals surface area contributed by atoms with Gasteiger partial charge in [0.2, 0.25) is 0 Å². The van der Waals surface area contributed by atoms with E-state index in [9.17, 15) is 9.59 Å². The van der Waals surface area contributed by atoms with Crippen LogP contribution in [0.1, 0.15) is 57.9 Å². The predicted octanol–water partition coefficient (Wildman–Crippen LogP) is 3.88. The number of hydrogen-bond donors (Lipinski definition) is 1. The summed E-state index contributed by atoms with van der Waals surface area (Å²) in [5.74, 6) is 0.127. The fourth-order valence-corrected chi connectivity index (χ4v) is 3.26. The third-order valence-electron chi connectivity index (χ3n) is 4.77. The molecule has 0 heterocycles. The highest BCUT2D eigenvalue weighted by Crippen LogP contribution is 2.28. The topological polar surface area (TPSA) is 73.9 Å². The number of nitrogens with one attached hydrogen (secondary N) is 1. The highest BCUT2D eigenvalue weighted by molar-refractivity contribution is 5.83. The maximum absolute atomic E-state index is 12.3. The molecule has 1 amide bonds. The lowest BCUT2D eigenvalue weighted by molar-refractivity contribution is -0.156. The highest BCUT2D eigenvalue weighted by atomic mass is 16.6. The van der Waals surface area contributed by atoms with Gasteiger partial charge >= 0.3 is 5.97 Å². The Bertz CT molecular complexity index is 678. The van der Waals surface area contributed by atoms with Crippen LogP contribution < -0.4 is 14.8 Å². The molecule has 1 fully saturated rings. The molecule has 0 saturated heterocycles. The molecule has 1 aliphatic rings. The molecule has 1 N–H and O–H groups in total. The van der Waals surface area contributed by atoms with Crippen molar-refractivity contribution in [3.8, 4) is 11.5 Å². The summed E-state index contributed by atoms with van der Waals surface area (Å²) in [6, 6.07) is 5.60. The van der Waals surface area contributed by atoms with Crippen LogP contribution in [-0.4, -0.2) is 37.7 Å². The van der Waals surface area contributed by atoms with Gasteiger partial charge in [-0.2, -0.15) is 0 Å². The average molecular weight is 389 g/mol. The van der Waals surface area contributed by atoms with Gasteiger partial charge in [-0.3, -0.25) is 4.79 Å². The molecule has 0 unspecified atom stereocenters. The van der Waals surface area contributed by atoms with E-state index in [0.29, 0.717) is 11.5 Å². The second kappa shape index (κ2) is 11.4. The molecule has 154 valence electrons. The first-order valence-electron chi connectivity index (χ1n) is 9.97. The Morgan fingerprint density at radius 1 is 1.18 bits per heavy atom. The fourth-order valence-electron chi connectivity index (χ4n) is 3.26. The summed E-state index contributed by atoms with van der Waals surface area (Å²) in [5.41, 5.74) is 0.970. The van der Waals surface area contributed by atoms with Crippen molar-refractivity contribution in [3.05, 3.63) is 29.8 Å². The minimum atomic E-state index is -0.849. The molecule has 1 aliphatic carbocycles. The van der Waals surface area contributed by atoms with Gasteiger partial charge in [0.15, 0.2) is 24.2 Å². The monoisotopic (exact) mass is 389 g/mol. The maximum Gasteiger partial charge on any atom is 0.344 e. The van der Waals surface area contributed by atoms with Crippen molar-refractivity contribution < 1.29 is 23.8 Å². The van der Waals surface area contributed by atoms with Crippen LogP contribution in [-0.2, 0) is 14.3 Å². The standard InChI is InChI=1S/C22H31NO5/c1-4-9-17-12-13-19(20(14-17)26-3)27-15-21(24)28-16(2)22(25)23-18-10-7-5-6-8-11-18/h4,9,12-14,16,18H,5-8,10-11,15H2,1-3H3,(H,23,25)/b9-4+/t16-/m0/s1. The van der Waals surface area contributed by atoms with Gasteiger partial charge in [-0.05, 0) is 44.4 Å². The molecule has 1 aromatic carbocycles. The van der Waals surface area contributed by atoms with Gasteiger partial charge in [-0.25, -0.2) is 4.79 Å². The van der Waals surface area contributed by atoms with E-state index in [-0.39, 0.29) is 18.6 Å². The molecule has 2 rings (SSSR count). The van der Waals surface area contributed by atoms with Crippen LogP contribution in [0.25, 0.3) is 6.08 Å². The lowest BCUT2D eigenvalue weighted by Crippen LogP contribution is -2.42. The van der Waals surface area contributed by atoms with Crippen molar-refractivity contribution in [1.29, 1.82) is 0 Å². The number of esters is 1. The molecular weight excluding hydrogens is 358 g/mol. The van der Waals surface area contributed by atoms with Crippen molar-refractivity contribution in [2.45, 2.75) is 64.5 Å². The number of amides is 1. The molecule has 0 radical (unpaired) electrons. The van der Waals surface area contributed by atoms with E-state index in [1.54, 1.807) is 20.1 Å². The van der Waals surface area contributed by atoms with Gasteiger partial charge in [0, 0.05) is 6.04 Å². The Labute approximate surface area is 167 Å². The van der Waals surface area contributed by atoms with Crippen molar-refractivity contribution in [1.82, 2.24) is 5.32 Å². The summed E-state index contributed by atoms with van der Waals surface area (Å²) in [6.45, 7) is 3.22. The second-order valence-corrected chi connectivity index (χ2v) is 7.03. The van der Waals surface area contributed by atoms with Crippen molar-refractivity contribution >= 4 is 18.0 Å². The molecule has 6 nitrogen and oxygen atoms in total. The van der Waals surface area contributed by atoms with Crippen LogP contribution in [0.15, 0.2) is 24.3 Å². The molecule has 6 heteroatoms. The molecule has 0 aromatic heterocycles. The average Bonchev–Trinajstić information content (AvgIpc) is 2.95. The molecular formula is C22H31NO5. The molecule has 0 spiro atoms. The predicted molar refractivity (Wildman–Crippen MR) is 108 cm³/mol. The Kier molecular flexibility index (Phi) is 8.85. The second-order valence-electron chi connectivity index (χ2n) is 7.03. The van der Waals surface area contributed by atoms with Gasteiger partial charge in [0.1, 0.15) is 0 Å². The lowest BCUT2D eigenvalue weighted by Gasteiger charge is -2.19. The summed E-state index contributed by atoms with van der Waals surface area (Å²) in [6.07, 6.45) is 9.67. The minimum Gasteiger partial charge on any atom is -0.493 e. The Morgan fingerprint density at radius 2 is 1.89 bits per heavy atom. The van der Waals surface area contributed by atoms with Gasteiger partial charge < -0.3 is 19.5 Å². The van der Waals surface area contributed by atoms with Gasteiger partial charge in [-0.1, -0.05) is 43.9 Å². The van der Waals surface area contributed by atoms with Crippen molar-refractivity contribution in [2.75, 3.05) is 13.7 Å². The van der Waals surface area contributed by atoms with Crippen LogP contribution in [0.4, 0.5) is 0 Å². The third kappa shape index (κ3) is 6.91. The van der Waals surface area contributed by atoms with E-state index < -0.39 is 12.1 Å². The first-order chi connectivity index (χ1) is 13.5. The quantitative estimate of drug-likeness (QED) is 0.540. The zero-order chi connectivity index (χ0) is 20.4. The minimum absolute atomic E-state index is 0.173. The summed E-state index contributed by atoms with van der Waals surface area (Å²) in [4.78, 5) is 24.3. The smallest absolute Gasteiger partial charge is 0.344 e. The molecule has 1 atom stereocenters. The van der Waals surface area contributed by atoms with E-state index in [2.05, 4.69) is 5.32 Å². The number of carbonyl (C=O) groups excluding carboxylic acids is 2. The summed E-state index contributed by atoms with van der Waals surface area (Å²) in [7, 11) is 1.54. The SMILES string of the molecule is C/C=C/c1ccc(OCC(=O)O[C@@H](C)C(=O)NC2CCCCCC2)c(OC)c1. The molecule has 0 aliphatic heterocycles. The van der Waals surface area contributed by atoms with E-state index in [4.69, 9.17) is 14.2 Å². The number of rotatable bonds is 8. The zero-order valence-electron chi connectivity index (χ0n) is 17.0. The number of carbonyl (C=O) groups is 2. The molecule has 28 heavy (non-hydrogen) atoms. The third-order valence-corrected chi connectivity index (χ3v) is 4.77. The summed E-state index contributed by atoms with van der Waals surface area (Å²) < 4.78 is 16.0. The molecule has 1 aromatic rings. The van der Waals surface area contributed by atoms with Crippen LogP contribution >= 0.6 is 0 Å². The first-order valence-corrected chi connectivity index (χ1v) is 9.97. The van der Waals surface area contributed by atoms with Gasteiger partial charge in [-0.15, -0.1) is 0 Å². The fraction of sp³-hybridized carbons (Fsp3) is 0.545. The zero-order valence-corrected chi connectivity index (χ0v) is 17.0. The number of methoxy groups -OCH3 is 1. The van der Waals surface area contributed by atoms with Crippen LogP contribution in [0.3, 0.4) is 0 Å². The molecule has 1 saturated carbocycles. The van der Waals surface area contributed by atoms with Crippen molar-refractivity contribution in [2.24, 2.45) is 0 Å². The van der Waals surface area contributed by atoms with Gasteiger partial charge in [0.25, 0.3) is 5.91 Å². The Hall–Kier alpha value is -2.50. The van der Waals surface area contributed by atoms with Gasteiger partial charge in [0.05, 0.1) is 7.11 Å². The number of hydrogen-bond acceptors (Lipinski definition) is 5. The Balaban J connectivity index is 1.81. The van der Waals surface area contributed by atoms with E-state index in [1.807, 2.05) is 31.2 Å². The highest BCUT2D eigenvalue weighted by Gasteiger charge is 2.22. The summed E-state index contributed by atoms with van der Waals surface area (Å²) in [5, 5.41) is 2.99. The summed E-state index contributed by atoms with van der Waals surface area (Å²) >= 11 is 0. The number of allylic oxidation sites excluding steroid dienone is 1. The van der Waals surface area contributed by atoms with Crippen LogP contribution in [0, 0.1) is 0 Å². The van der Waals surface area contributed by atoms with E-state index in [1.165, 1.54) is 12.8 Å². The van der Waals surface area contributed by atoms with Crippen LogP contribution in [0.5, 0.6) is 11.5 Å². The number of ether oxygens (including phenoxy) is 3. The lowest BCUT2D eigenvalue weighted by atomic mass is 10.1. The normalized spacial score (nSPS) is 16.2. The largest absolute Gasteiger partial charge is 0.493 e. The van der Waals surface area contributed by atoms with Crippen molar-refractivity contribution in [3.63, 3.8) is 0 Å². The van der Waals surface area contributed by atoms with E-state index in [0.717, 1.165) is 31.2 Å². The van der Waals surface area contributed by atoms with E-state index >= 15 is 0 Å². The van der Waals surface area contributed by atoms with Crippen LogP contribution in [0.2, 0.25) is 0 Å².